The van der Waals surface area contributed by atoms with Crippen LogP contribution in [0.4, 0.5) is 0 Å². The fourth-order valence-corrected chi connectivity index (χ4v) is 0. The Morgan fingerprint density at radius 2 is 1.50 bits per heavy atom. The van der Waals surface area contributed by atoms with Crippen LogP contribution in [0.15, 0.2) is 0 Å². The van der Waals surface area contributed by atoms with E-state index in [1.165, 1.54) is 0 Å². The van der Waals surface area contributed by atoms with Gasteiger partial charge in [-0.2, -0.15) is 0 Å². The van der Waals surface area contributed by atoms with Crippen LogP contribution in [0.1, 0.15) is 0 Å². The second-order valence-electron chi connectivity index (χ2n) is 0.257. The fourth-order valence-electron chi connectivity index (χ4n) is 0. The van der Waals surface area contributed by atoms with Gasteiger partial charge in [-0.15, -0.1) is 0 Å². The van der Waals surface area contributed by atoms with Gasteiger partial charge < -0.3 is 0 Å². The Balaban J connectivity index is 3.51. The van der Waals surface area contributed by atoms with Gasteiger partial charge in [-0.25, -0.2) is 9.13 Å². The Bertz CT molecular complexity index is 54.4. The third-order valence-electron chi connectivity index (χ3n) is 0. The molecule has 0 N–H and O–H groups in total. The highest BCUT2D eigenvalue weighted by Crippen LogP contribution is 1.90. The van der Waals surface area contributed by atoms with Gasteiger partial charge in [0, 0.05) is 0 Å². The van der Waals surface area contributed by atoms with E-state index < -0.39 is 7.68 Å². The molecule has 0 aromatic rings. The van der Waals surface area contributed by atoms with Gasteiger partial charge in [0.1, 0.15) is 6.66 Å². The minimum atomic E-state index is -2.87. The van der Waals surface area contributed by atoms with Crippen molar-refractivity contribution >= 4 is 7.68 Å². The lowest BCUT2D eigenvalue weighted by Crippen LogP contribution is -1.06. The zero-order chi connectivity index (χ0) is 3.58. The molecule has 2 nitrogen and oxygen atoms in total. The van der Waals surface area contributed by atoms with E-state index in [4.69, 9.17) is 15.8 Å². The normalized spacial score (nSPS) is 6.25. The maximum Gasteiger partial charge on any atom is 0.326 e. The quantitative estimate of drug-likeness (QED) is 0.397. The monoisotopic (exact) mass is 75.0 g/mol. The second kappa shape index (κ2) is 1.24. The lowest BCUT2D eigenvalue weighted by Gasteiger charge is -1.30. The van der Waals surface area contributed by atoms with Gasteiger partial charge >= 0.3 is 7.68 Å². The van der Waals surface area contributed by atoms with Gasteiger partial charge in [-0.3, -0.25) is 0 Å². The summed E-state index contributed by atoms with van der Waals surface area (Å²) >= 11 is 0. The smallest absolute Gasteiger partial charge is 0.237 e. The standard InChI is InChI=1S/CO2P/c1-4(2)3. The molecule has 0 aromatic heterocycles. The van der Waals surface area contributed by atoms with E-state index in [2.05, 4.69) is 0 Å². The maximum absolute atomic E-state index is 8.70. The zero-order valence-corrected chi connectivity index (χ0v) is 2.66. The third-order valence-corrected chi connectivity index (χ3v) is 0. The molecule has 21 valence electrons. The molecule has 0 spiro atoms. The largest absolute Gasteiger partial charge is 0.326 e. The van der Waals surface area contributed by atoms with Crippen LogP contribution in [-0.4, -0.2) is 0 Å². The van der Waals surface area contributed by atoms with Crippen molar-refractivity contribution in [1.29, 1.82) is 0 Å². The average Bonchev–Trinajstić information content (AvgIpc) is 0.811. The first-order chi connectivity index (χ1) is 1.73. The zero-order valence-electron chi connectivity index (χ0n) is 1.76. The molecule has 0 heterocycles. The van der Waals surface area contributed by atoms with Crippen molar-refractivity contribution < 1.29 is 9.13 Å². The predicted molar refractivity (Wildman–Crippen MR) is 11.5 cm³/mol. The van der Waals surface area contributed by atoms with Crippen LogP contribution in [0.5, 0.6) is 0 Å². The molecular weight excluding hydrogens is 75.0 g/mol. The molecule has 0 fully saturated rings. The van der Waals surface area contributed by atoms with Crippen LogP contribution in [0.2, 0.25) is 0 Å². The van der Waals surface area contributed by atoms with Crippen LogP contribution < -0.4 is 0 Å². The Morgan fingerprint density at radius 3 is 1.50 bits per heavy atom. The van der Waals surface area contributed by atoms with Crippen molar-refractivity contribution in [2.24, 2.45) is 0 Å². The number of rotatable bonds is 0. The topological polar surface area (TPSA) is 34.1 Å². The number of hydrogen-bond acceptors (Lipinski definition) is 2. The number of hydrogen-bond donors (Lipinski definition) is 0. The Morgan fingerprint density at radius 1 is 1.50 bits per heavy atom. The van der Waals surface area contributed by atoms with Crippen molar-refractivity contribution in [2.75, 3.05) is 0 Å². The van der Waals surface area contributed by atoms with Crippen LogP contribution in [-0.2, 0) is 9.13 Å². The van der Waals surface area contributed by atoms with Gasteiger partial charge in [0.05, 0.1) is 0 Å². The van der Waals surface area contributed by atoms with Crippen LogP contribution >= 0.6 is 7.68 Å². The summed E-state index contributed by atoms with van der Waals surface area (Å²) in [6.07, 6.45) is 0. The summed E-state index contributed by atoms with van der Waals surface area (Å²) in [6.45, 7) is 5.54. The second-order valence-corrected chi connectivity index (χ2v) is 0.771. The summed E-state index contributed by atoms with van der Waals surface area (Å²) in [4.78, 5) is 0. The fraction of sp³-hybridized carbons (Fsp3) is 0. The predicted octanol–water partition coefficient (Wildman–Crippen LogP) is 0.705. The van der Waals surface area contributed by atoms with Crippen molar-refractivity contribution in [3.63, 3.8) is 0 Å². The van der Waals surface area contributed by atoms with E-state index in [-0.39, 0.29) is 0 Å². The molecule has 0 bridgehead atoms. The van der Waals surface area contributed by atoms with Crippen LogP contribution in [0.25, 0.3) is 0 Å². The highest BCUT2D eigenvalue weighted by Gasteiger charge is 1.58. The van der Waals surface area contributed by atoms with Crippen molar-refractivity contribution in [3.8, 4) is 0 Å². The first-order valence-corrected chi connectivity index (χ1v) is 1.77. The summed E-state index contributed by atoms with van der Waals surface area (Å²) in [7, 11) is -2.87. The first kappa shape index (κ1) is 3.90. The van der Waals surface area contributed by atoms with E-state index >= 15 is 0 Å². The average molecular weight is 75.0 g/mol. The molecule has 0 unspecified atom stereocenters. The minimum absolute atomic E-state index is 2.87. The Kier molecular flexibility index (Phi) is 1.21. The summed E-state index contributed by atoms with van der Waals surface area (Å²) in [6, 6.07) is 0. The molecule has 3 heteroatoms. The lowest BCUT2D eigenvalue weighted by molar-refractivity contribution is 0.522. The molecule has 0 amide bonds. The molecular formula is CO2P. The van der Waals surface area contributed by atoms with Crippen molar-refractivity contribution in [2.45, 2.75) is 0 Å². The van der Waals surface area contributed by atoms with Crippen molar-refractivity contribution in [1.82, 2.24) is 0 Å². The van der Waals surface area contributed by atoms with Crippen molar-refractivity contribution in [3.05, 3.63) is 6.66 Å². The van der Waals surface area contributed by atoms with E-state index in [0.29, 0.717) is 0 Å². The Labute approximate surface area is 24.6 Å². The molecule has 0 aliphatic rings. The molecule has 0 aromatic carbocycles. The van der Waals surface area contributed by atoms with Crippen LogP contribution in [0.3, 0.4) is 0 Å². The van der Waals surface area contributed by atoms with E-state index in [1.807, 2.05) is 0 Å². The van der Waals surface area contributed by atoms with E-state index in [0.717, 1.165) is 0 Å². The van der Waals surface area contributed by atoms with Gasteiger partial charge in [0.15, 0.2) is 0 Å². The SMILES string of the molecule is [C]P(=O)=O. The third kappa shape index (κ3) is 154. The summed E-state index contributed by atoms with van der Waals surface area (Å²) in [5, 5.41) is 0. The molecule has 0 atom stereocenters. The lowest BCUT2D eigenvalue weighted by atomic mass is 12.0. The minimum Gasteiger partial charge on any atom is -0.237 e. The highest BCUT2D eigenvalue weighted by atomic mass is 31.1. The van der Waals surface area contributed by atoms with E-state index in [1.54, 1.807) is 0 Å². The summed E-state index contributed by atoms with van der Waals surface area (Å²) in [5.41, 5.74) is 0. The van der Waals surface area contributed by atoms with Gasteiger partial charge in [-0.05, 0) is 0 Å². The van der Waals surface area contributed by atoms with Crippen LogP contribution in [0, 0.1) is 6.66 Å². The molecule has 0 saturated carbocycles. The molecule has 3 radical (unpaired) electrons. The highest BCUT2D eigenvalue weighted by molar-refractivity contribution is 7.32. The van der Waals surface area contributed by atoms with Gasteiger partial charge in [0.2, 0.25) is 0 Å². The molecule has 0 aliphatic heterocycles. The van der Waals surface area contributed by atoms with E-state index in [9.17, 15) is 0 Å². The molecule has 0 aliphatic carbocycles. The molecule has 4 heavy (non-hydrogen) atoms. The summed E-state index contributed by atoms with van der Waals surface area (Å²) in [5.74, 6) is 0. The molecule has 0 saturated heterocycles. The summed E-state index contributed by atoms with van der Waals surface area (Å²) < 4.78 is 17.4. The van der Waals surface area contributed by atoms with Gasteiger partial charge in [0.25, 0.3) is 0 Å². The maximum atomic E-state index is 8.70. The van der Waals surface area contributed by atoms with Gasteiger partial charge in [-0.1, -0.05) is 0 Å². The first-order valence-electron chi connectivity index (χ1n) is 0.589. The Hall–Kier alpha value is -0.100. The molecule has 0 rings (SSSR count).